The maximum atomic E-state index is 11.2. The van der Waals surface area contributed by atoms with Gasteiger partial charge in [0.15, 0.2) is 12.5 Å². The van der Waals surface area contributed by atoms with E-state index in [4.69, 9.17) is 0 Å². The molecule has 0 fully saturated rings. The molecule has 2 rings (SSSR count). The largest absolute Gasteiger partial charge is 0.626 e. The summed E-state index contributed by atoms with van der Waals surface area (Å²) in [7, 11) is 0. The van der Waals surface area contributed by atoms with Gasteiger partial charge >= 0.3 is 5.97 Å². The molecular weight excluding hydrogens is 200 g/mol. The third-order valence-corrected chi connectivity index (χ3v) is 3.03. The highest BCUT2D eigenvalue weighted by molar-refractivity contribution is 7.21. The van der Waals surface area contributed by atoms with Crippen LogP contribution in [0.25, 0.3) is 10.1 Å². The monoisotopic (exact) mass is 207 g/mol. The number of carbonyl (C=O) groups excluding carboxylic acids is 2. The van der Waals surface area contributed by atoms with Gasteiger partial charge in [0.2, 0.25) is 4.88 Å². The summed E-state index contributed by atoms with van der Waals surface area (Å²) >= 11 is 1.19. The van der Waals surface area contributed by atoms with Gasteiger partial charge in [0.05, 0.1) is 4.79 Å². The van der Waals surface area contributed by atoms with Crippen molar-refractivity contribution in [2.45, 2.75) is 0 Å². The molecule has 3 nitrogen and oxygen atoms in total. The molecule has 4 heteroatoms. The Morgan fingerprint density at radius 3 is 2.79 bits per heavy atom. The third kappa shape index (κ3) is 1.20. The van der Waals surface area contributed by atoms with Crippen LogP contribution in [0.3, 0.4) is 0 Å². The first-order chi connectivity index (χ1) is 6.74. The van der Waals surface area contributed by atoms with Gasteiger partial charge in [-0.15, -0.1) is 11.3 Å². The predicted molar refractivity (Wildman–Crippen MR) is 54.9 cm³/mol. The molecule has 0 saturated carbocycles. The Hall–Kier alpha value is -1.68. The normalized spacial score (nSPS) is 10.3. The van der Waals surface area contributed by atoms with E-state index in [9.17, 15) is 9.90 Å². The van der Waals surface area contributed by atoms with E-state index in [1.54, 1.807) is 12.1 Å². The molecule has 0 saturated heterocycles. The molecular formula is C10H7O3S+. The summed E-state index contributed by atoms with van der Waals surface area (Å²) < 4.78 is 5.16. The zero-order valence-corrected chi connectivity index (χ0v) is 8.00. The molecule has 0 spiro atoms. The van der Waals surface area contributed by atoms with Gasteiger partial charge in [-0.3, -0.25) is 4.42 Å². The fraction of sp³-hybridized carbons (Fsp3) is 0. The van der Waals surface area contributed by atoms with Crippen molar-refractivity contribution in [1.29, 1.82) is 0 Å². The molecule has 0 amide bonds. The minimum absolute atomic E-state index is 0.0285. The average molecular weight is 207 g/mol. The van der Waals surface area contributed by atoms with Crippen LogP contribution in [0.4, 0.5) is 0 Å². The molecule has 2 aromatic rings. The number of carbonyl (C=O) groups is 1. The first-order valence-corrected chi connectivity index (χ1v) is 4.72. The Labute approximate surface area is 83.9 Å². The second-order valence-electron chi connectivity index (χ2n) is 2.71. The zero-order chi connectivity index (χ0) is 10.1. The molecule has 14 heavy (non-hydrogen) atoms. The fourth-order valence-corrected chi connectivity index (χ4v) is 2.23. The maximum absolute atomic E-state index is 11.2. The molecule has 0 unspecified atom stereocenters. The SMILES string of the molecule is C=[O+]C(=O)c1sc2ccccc2c1O. The zero-order valence-electron chi connectivity index (χ0n) is 7.19. The molecule has 0 aliphatic carbocycles. The summed E-state index contributed by atoms with van der Waals surface area (Å²) in [4.78, 5) is 11.4. The molecule has 1 heterocycles. The molecule has 0 aliphatic heterocycles. The van der Waals surface area contributed by atoms with Crippen molar-refractivity contribution in [2.75, 3.05) is 0 Å². The molecule has 1 aromatic carbocycles. The molecule has 70 valence electrons. The highest BCUT2D eigenvalue weighted by Gasteiger charge is 2.26. The van der Waals surface area contributed by atoms with Crippen LogP contribution in [0, 0.1) is 0 Å². The average Bonchev–Trinajstić information content (AvgIpc) is 2.56. The van der Waals surface area contributed by atoms with E-state index in [1.807, 2.05) is 12.1 Å². The number of hydrogen-bond donors (Lipinski definition) is 1. The van der Waals surface area contributed by atoms with Gasteiger partial charge in [-0.2, -0.15) is 0 Å². The van der Waals surface area contributed by atoms with Crippen LogP contribution in [0.1, 0.15) is 9.67 Å². The number of fused-ring (bicyclic) bond motifs is 1. The van der Waals surface area contributed by atoms with E-state index in [-0.39, 0.29) is 10.6 Å². The van der Waals surface area contributed by atoms with E-state index >= 15 is 0 Å². The second-order valence-corrected chi connectivity index (χ2v) is 3.76. The Morgan fingerprint density at radius 1 is 1.43 bits per heavy atom. The van der Waals surface area contributed by atoms with E-state index < -0.39 is 5.97 Å². The number of rotatable bonds is 1. The third-order valence-electron chi connectivity index (χ3n) is 1.89. The Kier molecular flexibility index (Phi) is 2.05. The summed E-state index contributed by atoms with van der Waals surface area (Å²) in [6.07, 6.45) is 0. The summed E-state index contributed by atoms with van der Waals surface area (Å²) in [5.41, 5.74) is 0. The quantitative estimate of drug-likeness (QED) is 0.728. The minimum atomic E-state index is -0.608. The Morgan fingerprint density at radius 2 is 2.14 bits per heavy atom. The van der Waals surface area contributed by atoms with Crippen LogP contribution in [0.2, 0.25) is 0 Å². The first-order valence-electron chi connectivity index (χ1n) is 3.91. The summed E-state index contributed by atoms with van der Waals surface area (Å²) in [5.74, 6) is -0.636. The van der Waals surface area contributed by atoms with Gasteiger partial charge < -0.3 is 5.11 Å². The van der Waals surface area contributed by atoms with Crippen LogP contribution in [-0.2, 0) is 4.42 Å². The fourth-order valence-electron chi connectivity index (χ4n) is 1.24. The predicted octanol–water partition coefficient (Wildman–Crippen LogP) is 2.11. The van der Waals surface area contributed by atoms with Crippen LogP contribution in [-0.4, -0.2) is 17.9 Å². The number of hydrogen-bond acceptors (Lipinski definition) is 3. The van der Waals surface area contributed by atoms with E-state index in [0.717, 1.165) is 4.70 Å². The Bertz CT molecular complexity index is 513. The van der Waals surface area contributed by atoms with E-state index in [2.05, 4.69) is 11.2 Å². The van der Waals surface area contributed by atoms with Crippen molar-refractivity contribution >= 4 is 34.2 Å². The highest BCUT2D eigenvalue weighted by Crippen LogP contribution is 2.36. The minimum Gasteiger partial charge on any atom is -0.505 e. The lowest BCUT2D eigenvalue weighted by atomic mass is 10.2. The first kappa shape index (κ1) is 8.90. The van der Waals surface area contributed by atoms with Gasteiger partial charge in [-0.25, -0.2) is 0 Å². The second kappa shape index (κ2) is 3.23. The van der Waals surface area contributed by atoms with Crippen molar-refractivity contribution in [2.24, 2.45) is 0 Å². The summed E-state index contributed by atoms with van der Waals surface area (Å²) in [6.45, 7) is 3.02. The van der Waals surface area contributed by atoms with Crippen molar-refractivity contribution in [1.82, 2.24) is 0 Å². The lowest BCUT2D eigenvalue weighted by Gasteiger charge is -1.86. The smallest absolute Gasteiger partial charge is 0.505 e. The van der Waals surface area contributed by atoms with Gasteiger partial charge in [0.1, 0.15) is 0 Å². The highest BCUT2D eigenvalue weighted by atomic mass is 32.1. The molecule has 1 aromatic heterocycles. The molecule has 0 bridgehead atoms. The lowest BCUT2D eigenvalue weighted by Crippen LogP contribution is -1.93. The van der Waals surface area contributed by atoms with E-state index in [1.165, 1.54) is 11.3 Å². The number of thiophene rings is 1. The molecule has 0 aliphatic rings. The summed E-state index contributed by atoms with van der Waals surface area (Å²) in [5, 5.41) is 10.3. The van der Waals surface area contributed by atoms with Crippen molar-refractivity contribution in [3.8, 4) is 5.75 Å². The topological polar surface area (TPSA) is 48.6 Å². The van der Waals surface area contributed by atoms with Crippen LogP contribution >= 0.6 is 11.3 Å². The molecule has 0 radical (unpaired) electrons. The molecule has 1 N–H and O–H groups in total. The summed E-state index contributed by atoms with van der Waals surface area (Å²) in [6, 6.07) is 7.23. The van der Waals surface area contributed by atoms with Crippen LogP contribution in [0.15, 0.2) is 24.3 Å². The van der Waals surface area contributed by atoms with Crippen molar-refractivity contribution in [3.63, 3.8) is 0 Å². The van der Waals surface area contributed by atoms with Gasteiger partial charge in [0.25, 0.3) is 0 Å². The number of aromatic hydroxyl groups is 1. The van der Waals surface area contributed by atoms with Crippen molar-refractivity contribution < 1.29 is 14.3 Å². The van der Waals surface area contributed by atoms with Gasteiger partial charge in [-0.1, -0.05) is 12.1 Å². The molecule has 0 atom stereocenters. The van der Waals surface area contributed by atoms with Gasteiger partial charge in [0, 0.05) is 10.1 Å². The van der Waals surface area contributed by atoms with Gasteiger partial charge in [-0.05, 0) is 12.1 Å². The van der Waals surface area contributed by atoms with Crippen molar-refractivity contribution in [3.05, 3.63) is 29.1 Å². The lowest BCUT2D eigenvalue weighted by molar-refractivity contribution is -0.333. The van der Waals surface area contributed by atoms with E-state index in [0.29, 0.717) is 5.39 Å². The maximum Gasteiger partial charge on any atom is 0.626 e. The van der Waals surface area contributed by atoms with Crippen LogP contribution in [0.5, 0.6) is 5.75 Å². The Balaban J connectivity index is 2.74. The van der Waals surface area contributed by atoms with Crippen LogP contribution < -0.4 is 0 Å². The standard InChI is InChI=1S/C10H6O3S/c1-13-10(12)9-8(11)6-4-2-3-5-7(6)14-9/h2-5H,1H2/p+1. The number of benzene rings is 1.